The molecule has 1 unspecified atom stereocenters. The molecule has 0 radical (unpaired) electrons. The number of benzene rings is 3. The van der Waals surface area contributed by atoms with Gasteiger partial charge in [0.1, 0.15) is 11.6 Å². The predicted octanol–water partition coefficient (Wildman–Crippen LogP) is 6.99. The van der Waals surface area contributed by atoms with E-state index in [4.69, 9.17) is 14.2 Å². The van der Waals surface area contributed by atoms with Gasteiger partial charge in [-0.25, -0.2) is 8.78 Å². The molecule has 3 aromatic carbocycles. The Bertz CT molecular complexity index is 1060. The highest BCUT2D eigenvalue weighted by molar-refractivity contribution is 5.54. The molecule has 6 heteroatoms. The van der Waals surface area contributed by atoms with Crippen LogP contribution in [-0.4, -0.2) is 39.3 Å². The van der Waals surface area contributed by atoms with E-state index in [9.17, 15) is 8.78 Å². The minimum absolute atomic E-state index is 0.0922. The number of nitrogens with zero attached hydrogens (tertiary/aromatic N) is 1. The van der Waals surface area contributed by atoms with E-state index in [-0.39, 0.29) is 23.6 Å². The van der Waals surface area contributed by atoms with E-state index in [1.165, 1.54) is 24.3 Å². The molecule has 0 bridgehead atoms. The van der Waals surface area contributed by atoms with Gasteiger partial charge in [-0.05, 0) is 91.4 Å². The van der Waals surface area contributed by atoms with Crippen molar-refractivity contribution in [3.63, 3.8) is 0 Å². The molecule has 1 aliphatic heterocycles. The molecule has 3 aromatic rings. The summed E-state index contributed by atoms with van der Waals surface area (Å²) in [6.07, 6.45) is 2.92. The molecule has 0 saturated carbocycles. The Hall–Kier alpha value is -3.12. The third-order valence-corrected chi connectivity index (χ3v) is 7.40. The van der Waals surface area contributed by atoms with E-state index in [0.29, 0.717) is 23.2 Å². The van der Waals surface area contributed by atoms with Crippen LogP contribution in [-0.2, 0) is 0 Å². The van der Waals surface area contributed by atoms with E-state index in [1.54, 1.807) is 21.3 Å². The average molecular weight is 496 g/mol. The number of halogens is 2. The summed E-state index contributed by atoms with van der Waals surface area (Å²) in [7, 11) is 4.89. The molecule has 0 aromatic heterocycles. The van der Waals surface area contributed by atoms with Crippen molar-refractivity contribution in [1.29, 1.82) is 0 Å². The topological polar surface area (TPSA) is 30.9 Å². The van der Waals surface area contributed by atoms with Gasteiger partial charge in [-0.2, -0.15) is 0 Å². The van der Waals surface area contributed by atoms with Crippen molar-refractivity contribution in [3.05, 3.63) is 89.0 Å². The summed E-state index contributed by atoms with van der Waals surface area (Å²) in [5.74, 6) is 1.88. The van der Waals surface area contributed by atoms with Gasteiger partial charge in [0.15, 0.2) is 11.5 Å². The molecule has 4 nitrogen and oxygen atoms in total. The Morgan fingerprint density at radius 3 is 1.61 bits per heavy atom. The summed E-state index contributed by atoms with van der Waals surface area (Å²) in [4.78, 5) is 2.52. The smallest absolute Gasteiger partial charge is 0.203 e. The highest BCUT2D eigenvalue weighted by Crippen LogP contribution is 2.43. The zero-order valence-electron chi connectivity index (χ0n) is 21.5. The largest absolute Gasteiger partial charge is 0.493 e. The van der Waals surface area contributed by atoms with E-state index in [0.717, 1.165) is 49.0 Å². The first-order valence-electron chi connectivity index (χ1n) is 12.5. The molecular formula is C30H35F2NO3. The molecule has 1 saturated heterocycles. The Morgan fingerprint density at radius 1 is 0.750 bits per heavy atom. The maximum absolute atomic E-state index is 13.7. The average Bonchev–Trinajstić information content (AvgIpc) is 2.91. The third-order valence-electron chi connectivity index (χ3n) is 7.40. The number of likely N-dealkylation sites (tertiary alicyclic amines) is 1. The maximum Gasteiger partial charge on any atom is 0.203 e. The molecule has 0 amide bonds. The fourth-order valence-corrected chi connectivity index (χ4v) is 5.64. The van der Waals surface area contributed by atoms with Crippen LogP contribution in [0, 0.1) is 17.6 Å². The summed E-state index contributed by atoms with van der Waals surface area (Å²) < 4.78 is 44.0. The third kappa shape index (κ3) is 5.49. The van der Waals surface area contributed by atoms with Crippen LogP contribution in [0.2, 0.25) is 0 Å². The summed E-state index contributed by atoms with van der Waals surface area (Å²) >= 11 is 0. The van der Waals surface area contributed by atoms with E-state index < -0.39 is 0 Å². The second kappa shape index (κ2) is 11.7. The van der Waals surface area contributed by atoms with Crippen LogP contribution in [0.15, 0.2) is 60.7 Å². The second-order valence-electron chi connectivity index (χ2n) is 9.34. The fourth-order valence-electron chi connectivity index (χ4n) is 5.64. The summed E-state index contributed by atoms with van der Waals surface area (Å²) in [6.45, 7) is 4.05. The fraction of sp³-hybridized carbons (Fsp3) is 0.400. The number of rotatable bonds is 9. The number of hydrogen-bond acceptors (Lipinski definition) is 4. The van der Waals surface area contributed by atoms with Gasteiger partial charge in [-0.15, -0.1) is 0 Å². The van der Waals surface area contributed by atoms with Crippen molar-refractivity contribution in [2.45, 2.75) is 38.1 Å². The molecule has 1 atom stereocenters. The zero-order valence-corrected chi connectivity index (χ0v) is 21.5. The van der Waals surface area contributed by atoms with Gasteiger partial charge in [-0.3, -0.25) is 4.90 Å². The first-order chi connectivity index (χ1) is 17.5. The monoisotopic (exact) mass is 495 g/mol. The molecule has 0 aliphatic carbocycles. The van der Waals surface area contributed by atoms with Gasteiger partial charge in [-0.1, -0.05) is 31.2 Å². The van der Waals surface area contributed by atoms with Crippen LogP contribution in [0.4, 0.5) is 8.78 Å². The second-order valence-corrected chi connectivity index (χ2v) is 9.34. The molecule has 1 heterocycles. The van der Waals surface area contributed by atoms with Gasteiger partial charge < -0.3 is 14.2 Å². The maximum atomic E-state index is 13.7. The number of methoxy groups -OCH3 is 3. The standard InChI is InChI=1S/C30H35F2NO3/c1-5-26(23-18-27(34-2)30(36-4)28(19-23)35-3)33-16-14-22(15-17-33)29(20-6-10-24(31)11-7-20)21-8-12-25(32)13-9-21/h6-13,18-19,22,26,29H,5,14-17H2,1-4H3. The van der Waals surface area contributed by atoms with Gasteiger partial charge in [0, 0.05) is 12.0 Å². The SMILES string of the molecule is CCC(c1cc(OC)c(OC)c(OC)c1)N1CCC(C(c2ccc(F)cc2)c2ccc(F)cc2)CC1. The quantitative estimate of drug-likeness (QED) is 0.320. The summed E-state index contributed by atoms with van der Waals surface area (Å²) in [5.41, 5.74) is 3.27. The Balaban J connectivity index is 1.57. The van der Waals surface area contributed by atoms with Crippen molar-refractivity contribution >= 4 is 0 Å². The van der Waals surface area contributed by atoms with Crippen molar-refractivity contribution in [1.82, 2.24) is 4.90 Å². The van der Waals surface area contributed by atoms with Crippen LogP contribution in [0.3, 0.4) is 0 Å². The number of piperidine rings is 1. The first kappa shape index (κ1) is 26.0. The van der Waals surface area contributed by atoms with E-state index in [1.807, 2.05) is 36.4 Å². The molecule has 1 fully saturated rings. The molecule has 192 valence electrons. The highest BCUT2D eigenvalue weighted by atomic mass is 19.1. The Kier molecular flexibility index (Phi) is 8.47. The van der Waals surface area contributed by atoms with Gasteiger partial charge in [0.2, 0.25) is 5.75 Å². The predicted molar refractivity (Wildman–Crippen MR) is 138 cm³/mol. The molecule has 4 rings (SSSR count). The lowest BCUT2D eigenvalue weighted by atomic mass is 9.76. The lowest BCUT2D eigenvalue weighted by Gasteiger charge is -2.40. The minimum Gasteiger partial charge on any atom is -0.493 e. The van der Waals surface area contributed by atoms with Crippen molar-refractivity contribution in [2.75, 3.05) is 34.4 Å². The number of hydrogen-bond donors (Lipinski definition) is 0. The number of ether oxygens (including phenoxy) is 3. The summed E-state index contributed by atoms with van der Waals surface area (Å²) in [6, 6.07) is 17.8. The van der Waals surface area contributed by atoms with E-state index in [2.05, 4.69) is 11.8 Å². The van der Waals surface area contributed by atoms with Crippen molar-refractivity contribution in [3.8, 4) is 17.2 Å². The summed E-state index contributed by atoms with van der Waals surface area (Å²) in [5, 5.41) is 0. The van der Waals surface area contributed by atoms with Crippen LogP contribution in [0.1, 0.15) is 54.8 Å². The normalized spacial score (nSPS) is 15.6. The minimum atomic E-state index is -0.248. The highest BCUT2D eigenvalue weighted by Gasteiger charge is 2.32. The van der Waals surface area contributed by atoms with Crippen LogP contribution >= 0.6 is 0 Å². The Labute approximate surface area is 212 Å². The van der Waals surface area contributed by atoms with E-state index >= 15 is 0 Å². The van der Waals surface area contributed by atoms with Crippen LogP contribution in [0.5, 0.6) is 17.2 Å². The van der Waals surface area contributed by atoms with Gasteiger partial charge in [0.25, 0.3) is 0 Å². The Morgan fingerprint density at radius 2 is 1.22 bits per heavy atom. The van der Waals surface area contributed by atoms with Crippen LogP contribution < -0.4 is 14.2 Å². The van der Waals surface area contributed by atoms with Crippen molar-refractivity contribution < 1.29 is 23.0 Å². The molecule has 0 spiro atoms. The van der Waals surface area contributed by atoms with Crippen LogP contribution in [0.25, 0.3) is 0 Å². The molecule has 0 N–H and O–H groups in total. The lowest BCUT2D eigenvalue weighted by molar-refractivity contribution is 0.122. The lowest BCUT2D eigenvalue weighted by Crippen LogP contribution is -2.38. The van der Waals surface area contributed by atoms with Crippen molar-refractivity contribution in [2.24, 2.45) is 5.92 Å². The first-order valence-corrected chi connectivity index (χ1v) is 12.5. The molecular weight excluding hydrogens is 460 g/mol. The molecule has 36 heavy (non-hydrogen) atoms. The van der Waals surface area contributed by atoms with Gasteiger partial charge >= 0.3 is 0 Å². The molecule has 1 aliphatic rings. The van der Waals surface area contributed by atoms with Gasteiger partial charge in [0.05, 0.1) is 21.3 Å². The zero-order chi connectivity index (χ0) is 25.7.